The summed E-state index contributed by atoms with van der Waals surface area (Å²) in [4.78, 5) is 6.80. The van der Waals surface area contributed by atoms with Crippen LogP contribution in [0.2, 0.25) is 0 Å². The molecule has 148 valence electrons. The zero-order chi connectivity index (χ0) is 19.1. The molecule has 0 unspecified atom stereocenters. The normalized spacial score (nSPS) is 23.7. The van der Waals surface area contributed by atoms with E-state index in [0.717, 1.165) is 36.7 Å². The van der Waals surface area contributed by atoms with Crippen LogP contribution in [0.25, 0.3) is 0 Å². The molecule has 1 fully saturated rings. The molecule has 0 aliphatic carbocycles. The van der Waals surface area contributed by atoms with Gasteiger partial charge in [0.1, 0.15) is 11.5 Å². The van der Waals surface area contributed by atoms with Gasteiger partial charge in [0.25, 0.3) is 0 Å². The van der Waals surface area contributed by atoms with Crippen molar-refractivity contribution in [1.29, 1.82) is 0 Å². The minimum atomic E-state index is 0.600. The van der Waals surface area contributed by atoms with Crippen molar-refractivity contribution in [2.45, 2.75) is 36.2 Å². The van der Waals surface area contributed by atoms with Gasteiger partial charge < -0.3 is 14.4 Å². The summed E-state index contributed by atoms with van der Waals surface area (Å²) in [6, 6.07) is 13.7. The minimum Gasteiger partial charge on any atom is -0.496 e. The van der Waals surface area contributed by atoms with Gasteiger partial charge in [-0.15, -0.1) is 11.8 Å². The summed E-state index contributed by atoms with van der Waals surface area (Å²) in [5.41, 5.74) is 4.26. The molecule has 2 aromatic rings. The van der Waals surface area contributed by atoms with Gasteiger partial charge in [-0.2, -0.15) is 0 Å². The van der Waals surface area contributed by atoms with Gasteiger partial charge in [0.15, 0.2) is 0 Å². The average molecular weight is 397 g/mol. The number of methoxy groups -OCH3 is 2. The number of benzene rings is 2. The van der Waals surface area contributed by atoms with Crippen molar-refractivity contribution in [1.82, 2.24) is 4.90 Å². The maximum absolute atomic E-state index is 5.63. The zero-order valence-corrected chi connectivity index (χ0v) is 17.5. The molecule has 28 heavy (non-hydrogen) atoms. The van der Waals surface area contributed by atoms with Crippen LogP contribution in [0.4, 0.5) is 5.69 Å². The lowest BCUT2D eigenvalue weighted by Gasteiger charge is -2.39. The summed E-state index contributed by atoms with van der Waals surface area (Å²) < 4.78 is 11.3. The molecule has 3 heterocycles. The van der Waals surface area contributed by atoms with E-state index in [4.69, 9.17) is 9.47 Å². The summed E-state index contributed by atoms with van der Waals surface area (Å²) in [5.74, 6) is 3.68. The predicted molar refractivity (Wildman–Crippen MR) is 115 cm³/mol. The number of likely N-dealkylation sites (tertiary alicyclic amines) is 1. The van der Waals surface area contributed by atoms with Gasteiger partial charge in [-0.1, -0.05) is 18.2 Å². The van der Waals surface area contributed by atoms with Crippen LogP contribution in [-0.4, -0.2) is 50.5 Å². The summed E-state index contributed by atoms with van der Waals surface area (Å²) in [5, 5.41) is 0. The smallest absolute Gasteiger partial charge is 0.127 e. The molecule has 0 amide bonds. The number of nitrogens with zero attached hydrogens (tertiary/aromatic N) is 2. The van der Waals surface area contributed by atoms with Crippen LogP contribution in [0.3, 0.4) is 0 Å². The van der Waals surface area contributed by atoms with Crippen LogP contribution in [0, 0.1) is 0 Å². The Hall–Kier alpha value is -1.85. The third-order valence-corrected chi connectivity index (χ3v) is 7.62. The molecular weight excluding hydrogens is 368 g/mol. The van der Waals surface area contributed by atoms with Crippen LogP contribution in [-0.2, 0) is 6.54 Å². The molecule has 2 atom stereocenters. The Bertz CT molecular complexity index is 849. The van der Waals surface area contributed by atoms with E-state index in [1.165, 1.54) is 35.7 Å². The summed E-state index contributed by atoms with van der Waals surface area (Å²) in [6.07, 6.45) is 2.51. The van der Waals surface area contributed by atoms with E-state index in [1.807, 2.05) is 30.0 Å². The Morgan fingerprint density at radius 3 is 2.61 bits per heavy atom. The average Bonchev–Trinajstić information content (AvgIpc) is 2.89. The second-order valence-corrected chi connectivity index (χ2v) is 9.06. The molecule has 0 bridgehead atoms. The van der Waals surface area contributed by atoms with Gasteiger partial charge in [-0.05, 0) is 42.4 Å². The van der Waals surface area contributed by atoms with Crippen molar-refractivity contribution in [3.05, 3.63) is 47.5 Å². The first-order valence-electron chi connectivity index (χ1n) is 10.2. The van der Waals surface area contributed by atoms with Crippen molar-refractivity contribution < 1.29 is 9.47 Å². The maximum atomic E-state index is 5.63. The van der Waals surface area contributed by atoms with Gasteiger partial charge in [0.05, 0.1) is 25.5 Å². The topological polar surface area (TPSA) is 24.9 Å². The third kappa shape index (κ3) is 2.96. The van der Waals surface area contributed by atoms with E-state index < -0.39 is 0 Å². The first-order chi connectivity index (χ1) is 13.8. The molecule has 4 nitrogen and oxygen atoms in total. The molecule has 0 spiro atoms. The molecule has 2 aromatic carbocycles. The number of rotatable bonds is 4. The van der Waals surface area contributed by atoms with Gasteiger partial charge in [-0.3, -0.25) is 4.90 Å². The molecule has 3 aliphatic heterocycles. The number of para-hydroxylation sites is 1. The van der Waals surface area contributed by atoms with Crippen LogP contribution in [0.15, 0.2) is 41.3 Å². The van der Waals surface area contributed by atoms with Crippen molar-refractivity contribution >= 4 is 17.4 Å². The van der Waals surface area contributed by atoms with Crippen LogP contribution in [0.5, 0.6) is 11.5 Å². The number of piperidine rings is 1. The molecule has 3 aliphatic rings. The molecule has 0 N–H and O–H groups in total. The highest BCUT2D eigenvalue weighted by molar-refractivity contribution is 7.99. The number of fused-ring (bicyclic) bond motifs is 3. The minimum absolute atomic E-state index is 0.600. The van der Waals surface area contributed by atoms with Crippen molar-refractivity contribution in [3.8, 4) is 11.5 Å². The summed E-state index contributed by atoms with van der Waals surface area (Å²) in [6.45, 7) is 4.30. The second-order valence-electron chi connectivity index (χ2n) is 7.93. The van der Waals surface area contributed by atoms with Crippen molar-refractivity contribution in [2.75, 3.05) is 44.5 Å². The molecule has 0 aromatic heterocycles. The van der Waals surface area contributed by atoms with E-state index in [2.05, 4.69) is 28.0 Å². The SMILES string of the molecule is COc1cccc(OC)c1CN1CC[C@H]2[C@@H](C1)c1cccc3c1N2CCCS3. The van der Waals surface area contributed by atoms with Crippen LogP contribution < -0.4 is 14.4 Å². The van der Waals surface area contributed by atoms with Gasteiger partial charge in [0, 0.05) is 43.0 Å². The Balaban J connectivity index is 1.43. The third-order valence-electron chi connectivity index (χ3n) is 6.49. The standard InChI is InChI=1S/C23H28N2O2S/c1-26-20-7-4-8-21(27-2)18(20)15-24-12-10-19-17(14-24)16-6-3-9-22-23(16)25(19)11-5-13-28-22/h3-4,6-9,17,19H,5,10-15H2,1-2H3/t17-,19-/m0/s1. The van der Waals surface area contributed by atoms with E-state index in [1.54, 1.807) is 19.8 Å². The lowest BCUT2D eigenvalue weighted by Crippen LogP contribution is -2.46. The first-order valence-corrected chi connectivity index (χ1v) is 11.2. The van der Waals surface area contributed by atoms with E-state index in [9.17, 15) is 0 Å². The molecule has 0 radical (unpaired) electrons. The zero-order valence-electron chi connectivity index (χ0n) is 16.7. The monoisotopic (exact) mass is 396 g/mol. The molecular formula is C23H28N2O2S. The Kier molecular flexibility index (Phi) is 4.89. The number of ether oxygens (including phenoxy) is 2. The highest BCUT2D eigenvalue weighted by Gasteiger charge is 2.43. The fourth-order valence-corrected chi connectivity index (χ4v) is 6.30. The lowest BCUT2D eigenvalue weighted by molar-refractivity contribution is 0.182. The van der Waals surface area contributed by atoms with E-state index >= 15 is 0 Å². The number of thioether (sulfide) groups is 1. The van der Waals surface area contributed by atoms with Gasteiger partial charge in [-0.25, -0.2) is 0 Å². The quantitative estimate of drug-likeness (QED) is 0.764. The van der Waals surface area contributed by atoms with Crippen LogP contribution >= 0.6 is 11.8 Å². The first kappa shape index (κ1) is 18.2. The molecule has 5 rings (SSSR count). The number of hydrogen-bond donors (Lipinski definition) is 0. The molecule has 1 saturated heterocycles. The van der Waals surface area contributed by atoms with Gasteiger partial charge >= 0.3 is 0 Å². The van der Waals surface area contributed by atoms with Crippen molar-refractivity contribution in [3.63, 3.8) is 0 Å². The highest BCUT2D eigenvalue weighted by atomic mass is 32.2. The summed E-state index contributed by atoms with van der Waals surface area (Å²) >= 11 is 2.04. The van der Waals surface area contributed by atoms with Crippen LogP contribution in [0.1, 0.15) is 29.9 Å². The largest absolute Gasteiger partial charge is 0.496 e. The maximum Gasteiger partial charge on any atom is 0.127 e. The lowest BCUT2D eigenvalue weighted by atomic mass is 9.88. The Morgan fingerprint density at radius 1 is 1.04 bits per heavy atom. The Labute approximate surface area is 171 Å². The molecule has 0 saturated carbocycles. The number of hydrogen-bond acceptors (Lipinski definition) is 5. The second kappa shape index (κ2) is 7.53. The fourth-order valence-electron chi connectivity index (χ4n) is 5.26. The number of anilines is 1. The van der Waals surface area contributed by atoms with Gasteiger partial charge in [0.2, 0.25) is 0 Å². The highest BCUT2D eigenvalue weighted by Crippen LogP contribution is 2.50. The van der Waals surface area contributed by atoms with Crippen molar-refractivity contribution in [2.24, 2.45) is 0 Å². The van der Waals surface area contributed by atoms with E-state index in [-0.39, 0.29) is 0 Å². The molecule has 5 heteroatoms. The summed E-state index contributed by atoms with van der Waals surface area (Å²) in [7, 11) is 3.49. The Morgan fingerprint density at radius 2 is 1.82 bits per heavy atom. The predicted octanol–water partition coefficient (Wildman–Crippen LogP) is 4.38. The fraction of sp³-hybridized carbons (Fsp3) is 0.478. The van der Waals surface area contributed by atoms with E-state index in [0.29, 0.717) is 12.0 Å².